The monoisotopic (exact) mass is 344 g/mol. The Morgan fingerprint density at radius 3 is 2.20 bits per heavy atom. The Hall–Kier alpha value is -2.54. The van der Waals surface area contributed by atoms with Gasteiger partial charge in [0, 0.05) is 64.3 Å². The largest absolute Gasteiger partial charge is 0.497 e. The Morgan fingerprint density at radius 2 is 1.60 bits per heavy atom. The van der Waals surface area contributed by atoms with E-state index in [2.05, 4.69) is 21.9 Å². The average Bonchev–Trinajstić information content (AvgIpc) is 2.65. The molecule has 1 aliphatic heterocycles. The van der Waals surface area contributed by atoms with Gasteiger partial charge in [0.1, 0.15) is 5.75 Å². The van der Waals surface area contributed by atoms with Crippen LogP contribution in [0, 0.1) is 0 Å². The molecule has 2 heterocycles. The fourth-order valence-corrected chi connectivity index (χ4v) is 3.12. The smallest absolute Gasteiger partial charge is 0.330 e. The summed E-state index contributed by atoms with van der Waals surface area (Å²) in [5, 5.41) is 0. The van der Waals surface area contributed by atoms with E-state index < -0.39 is 0 Å². The lowest BCUT2D eigenvalue weighted by Gasteiger charge is -2.36. The maximum absolute atomic E-state index is 12.0. The minimum absolute atomic E-state index is 0.255. The average molecular weight is 344 g/mol. The molecule has 1 aromatic carbocycles. The number of rotatable bonds is 4. The normalized spacial score (nSPS) is 15.4. The zero-order chi connectivity index (χ0) is 18.0. The van der Waals surface area contributed by atoms with Crippen LogP contribution in [0.1, 0.15) is 5.69 Å². The van der Waals surface area contributed by atoms with Gasteiger partial charge in [-0.25, -0.2) is 4.79 Å². The Balaban J connectivity index is 1.65. The molecule has 0 N–H and O–H groups in total. The van der Waals surface area contributed by atoms with Crippen molar-refractivity contribution in [3.8, 4) is 5.75 Å². The van der Waals surface area contributed by atoms with Crippen LogP contribution in [-0.4, -0.2) is 47.3 Å². The third kappa shape index (κ3) is 3.61. The lowest BCUT2D eigenvalue weighted by atomic mass is 10.2. The predicted molar refractivity (Wildman–Crippen MR) is 97.4 cm³/mol. The van der Waals surface area contributed by atoms with E-state index in [0.717, 1.165) is 42.2 Å². The van der Waals surface area contributed by atoms with Gasteiger partial charge in [0.05, 0.1) is 7.11 Å². The second-order valence-corrected chi connectivity index (χ2v) is 6.34. The Kier molecular flexibility index (Phi) is 4.94. The molecule has 0 aliphatic carbocycles. The summed E-state index contributed by atoms with van der Waals surface area (Å²) in [6.07, 6.45) is 0. The molecule has 0 atom stereocenters. The van der Waals surface area contributed by atoms with Crippen LogP contribution in [0.15, 0.2) is 39.9 Å². The number of hydrogen-bond donors (Lipinski definition) is 0. The van der Waals surface area contributed by atoms with E-state index in [1.165, 1.54) is 12.7 Å². The highest BCUT2D eigenvalue weighted by Crippen LogP contribution is 2.20. The minimum Gasteiger partial charge on any atom is -0.497 e. The Bertz CT molecular complexity index is 846. The summed E-state index contributed by atoms with van der Waals surface area (Å²) in [6, 6.07) is 9.63. The number of ether oxygens (including phenoxy) is 1. The van der Waals surface area contributed by atoms with E-state index in [0.29, 0.717) is 6.54 Å². The molecule has 1 saturated heterocycles. The van der Waals surface area contributed by atoms with Crippen molar-refractivity contribution in [2.24, 2.45) is 14.1 Å². The first-order valence-electron chi connectivity index (χ1n) is 8.37. The zero-order valence-corrected chi connectivity index (χ0v) is 14.9. The summed E-state index contributed by atoms with van der Waals surface area (Å²) in [7, 11) is 4.88. The van der Waals surface area contributed by atoms with E-state index in [9.17, 15) is 9.59 Å². The maximum Gasteiger partial charge on any atom is 0.330 e. The number of piperazine rings is 1. The van der Waals surface area contributed by atoms with Crippen molar-refractivity contribution in [2.75, 3.05) is 38.2 Å². The summed E-state index contributed by atoms with van der Waals surface area (Å²) in [4.78, 5) is 28.5. The first-order chi connectivity index (χ1) is 12.0. The fourth-order valence-electron chi connectivity index (χ4n) is 3.12. The van der Waals surface area contributed by atoms with Gasteiger partial charge in [-0.3, -0.25) is 18.8 Å². The number of anilines is 1. The molecule has 0 spiro atoms. The molecule has 0 bridgehead atoms. The maximum atomic E-state index is 12.0. The molecule has 0 radical (unpaired) electrons. The number of aromatic nitrogens is 2. The first kappa shape index (κ1) is 17.3. The summed E-state index contributed by atoms with van der Waals surface area (Å²) in [5.74, 6) is 0.856. The van der Waals surface area contributed by atoms with Crippen LogP contribution < -0.4 is 20.9 Å². The molecule has 3 rings (SSSR count). The van der Waals surface area contributed by atoms with Crippen LogP contribution in [0.4, 0.5) is 5.69 Å². The molecule has 1 fully saturated rings. The molecule has 2 aromatic rings. The second kappa shape index (κ2) is 7.14. The topological polar surface area (TPSA) is 59.7 Å². The summed E-state index contributed by atoms with van der Waals surface area (Å²) >= 11 is 0. The SMILES string of the molecule is COc1ccc(N2CCN(Cc3cc(=O)n(C)c(=O)n3C)CC2)cc1. The first-order valence-corrected chi connectivity index (χ1v) is 8.37. The lowest BCUT2D eigenvalue weighted by Crippen LogP contribution is -2.47. The van der Waals surface area contributed by atoms with Crippen molar-refractivity contribution in [1.29, 1.82) is 0 Å². The molecule has 0 saturated carbocycles. The molecular weight excluding hydrogens is 320 g/mol. The van der Waals surface area contributed by atoms with Crippen molar-refractivity contribution in [3.63, 3.8) is 0 Å². The van der Waals surface area contributed by atoms with Crippen molar-refractivity contribution < 1.29 is 4.74 Å². The van der Waals surface area contributed by atoms with Crippen LogP contribution in [-0.2, 0) is 20.6 Å². The van der Waals surface area contributed by atoms with Crippen LogP contribution in [0.3, 0.4) is 0 Å². The van der Waals surface area contributed by atoms with Crippen molar-refractivity contribution in [3.05, 3.63) is 56.9 Å². The van der Waals surface area contributed by atoms with Crippen molar-refractivity contribution in [1.82, 2.24) is 14.0 Å². The van der Waals surface area contributed by atoms with Gasteiger partial charge in [0.25, 0.3) is 5.56 Å². The third-order valence-corrected chi connectivity index (χ3v) is 4.82. The molecule has 0 unspecified atom stereocenters. The number of benzene rings is 1. The summed E-state index contributed by atoms with van der Waals surface area (Å²) < 4.78 is 7.88. The Labute approximate surface area is 146 Å². The van der Waals surface area contributed by atoms with Crippen LogP contribution >= 0.6 is 0 Å². The van der Waals surface area contributed by atoms with E-state index in [1.54, 1.807) is 24.8 Å². The molecule has 25 heavy (non-hydrogen) atoms. The fraction of sp³-hybridized carbons (Fsp3) is 0.444. The van der Waals surface area contributed by atoms with E-state index in [4.69, 9.17) is 4.74 Å². The van der Waals surface area contributed by atoms with Crippen molar-refractivity contribution >= 4 is 5.69 Å². The van der Waals surface area contributed by atoms with Crippen LogP contribution in [0.25, 0.3) is 0 Å². The summed E-state index contributed by atoms with van der Waals surface area (Å²) in [5.41, 5.74) is 1.40. The lowest BCUT2D eigenvalue weighted by molar-refractivity contribution is 0.243. The molecule has 1 aliphatic rings. The van der Waals surface area contributed by atoms with E-state index in [-0.39, 0.29) is 11.2 Å². The molecule has 134 valence electrons. The predicted octanol–water partition coefficient (Wildman–Crippen LogP) is 0.415. The van der Waals surface area contributed by atoms with Gasteiger partial charge in [-0.2, -0.15) is 0 Å². The van der Waals surface area contributed by atoms with Crippen LogP contribution in [0.5, 0.6) is 5.75 Å². The van der Waals surface area contributed by atoms with Crippen molar-refractivity contribution in [2.45, 2.75) is 6.54 Å². The molecule has 1 aromatic heterocycles. The standard InChI is InChI=1S/C18H24N4O3/c1-19-15(12-17(23)20(2)18(19)24)13-21-8-10-22(11-9-21)14-4-6-16(25-3)7-5-14/h4-7,12H,8-11,13H2,1-3H3. The highest BCUT2D eigenvalue weighted by atomic mass is 16.5. The van der Waals surface area contributed by atoms with Crippen LogP contribution in [0.2, 0.25) is 0 Å². The summed E-state index contributed by atoms with van der Waals surface area (Å²) in [6.45, 7) is 4.19. The van der Waals surface area contributed by atoms with Gasteiger partial charge in [-0.1, -0.05) is 0 Å². The number of hydrogen-bond acceptors (Lipinski definition) is 5. The van der Waals surface area contributed by atoms with Gasteiger partial charge in [0.2, 0.25) is 0 Å². The van der Waals surface area contributed by atoms with Gasteiger partial charge in [-0.15, -0.1) is 0 Å². The zero-order valence-electron chi connectivity index (χ0n) is 14.9. The van der Waals surface area contributed by atoms with E-state index >= 15 is 0 Å². The number of nitrogens with zero attached hydrogens (tertiary/aromatic N) is 4. The van der Waals surface area contributed by atoms with Gasteiger partial charge in [-0.05, 0) is 24.3 Å². The molecular formula is C18H24N4O3. The molecule has 7 heteroatoms. The second-order valence-electron chi connectivity index (χ2n) is 6.34. The molecule has 7 nitrogen and oxygen atoms in total. The highest BCUT2D eigenvalue weighted by Gasteiger charge is 2.19. The highest BCUT2D eigenvalue weighted by molar-refractivity contribution is 5.49. The van der Waals surface area contributed by atoms with Gasteiger partial charge in [0.15, 0.2) is 0 Å². The van der Waals surface area contributed by atoms with Gasteiger partial charge < -0.3 is 9.64 Å². The number of methoxy groups -OCH3 is 1. The Morgan fingerprint density at radius 1 is 0.960 bits per heavy atom. The molecule has 0 amide bonds. The quantitative estimate of drug-likeness (QED) is 0.804. The van der Waals surface area contributed by atoms with Gasteiger partial charge >= 0.3 is 5.69 Å². The minimum atomic E-state index is -0.278. The third-order valence-electron chi connectivity index (χ3n) is 4.82. The van der Waals surface area contributed by atoms with E-state index in [1.807, 2.05) is 12.1 Å².